The Hall–Kier alpha value is -1.70. The maximum atomic E-state index is 3.61. The summed E-state index contributed by atoms with van der Waals surface area (Å²) < 4.78 is 0. The molecule has 22 heavy (non-hydrogen) atoms. The molecular formula is C21H28Si. The normalized spacial score (nSPS) is 11.5. The van der Waals surface area contributed by atoms with E-state index in [1.165, 1.54) is 5.56 Å². The fraction of sp³-hybridized carbons (Fsp3) is 0.429. The van der Waals surface area contributed by atoms with Crippen molar-refractivity contribution in [3.8, 4) is 23.3 Å². The minimum atomic E-state index is -1.64. The van der Waals surface area contributed by atoms with Crippen LogP contribution in [0, 0.1) is 23.3 Å². The molecule has 0 fully saturated rings. The Morgan fingerprint density at radius 2 is 1.36 bits per heavy atom. The molecular weight excluding hydrogens is 280 g/mol. The van der Waals surface area contributed by atoms with Crippen molar-refractivity contribution in [1.29, 1.82) is 0 Å². The second-order valence-electron chi connectivity index (χ2n) is 6.66. The van der Waals surface area contributed by atoms with Crippen LogP contribution in [0.15, 0.2) is 36.4 Å². The lowest BCUT2D eigenvalue weighted by Crippen LogP contribution is -2.43. The van der Waals surface area contributed by atoms with E-state index in [0.717, 1.165) is 0 Å². The van der Waals surface area contributed by atoms with E-state index in [9.17, 15) is 0 Å². The Labute approximate surface area is 138 Å². The topological polar surface area (TPSA) is 0 Å². The van der Waals surface area contributed by atoms with Gasteiger partial charge in [0.1, 0.15) is 8.07 Å². The molecule has 116 valence electrons. The van der Waals surface area contributed by atoms with Crippen molar-refractivity contribution in [3.05, 3.63) is 42.0 Å². The summed E-state index contributed by atoms with van der Waals surface area (Å²) in [5.74, 6) is 9.21. The molecule has 0 heterocycles. The van der Waals surface area contributed by atoms with Gasteiger partial charge in [-0.25, -0.2) is 0 Å². The molecule has 0 N–H and O–H groups in total. The molecule has 0 nitrogen and oxygen atoms in total. The Balaban J connectivity index is 2.88. The fourth-order valence-corrected chi connectivity index (χ4v) is 8.50. The summed E-state index contributed by atoms with van der Waals surface area (Å²) in [6.07, 6.45) is 3.90. The minimum absolute atomic E-state index is 0.654. The predicted molar refractivity (Wildman–Crippen MR) is 102 cm³/mol. The SMILES string of the molecule is CC(C)[Si](C#CC#C/C=C/c1ccccc1)(C(C)C)C(C)C. The molecule has 0 saturated heterocycles. The van der Waals surface area contributed by atoms with E-state index in [1.54, 1.807) is 0 Å². The van der Waals surface area contributed by atoms with Crippen molar-refractivity contribution in [2.24, 2.45) is 0 Å². The molecule has 0 amide bonds. The van der Waals surface area contributed by atoms with Gasteiger partial charge < -0.3 is 0 Å². The number of hydrogen-bond acceptors (Lipinski definition) is 0. The van der Waals surface area contributed by atoms with Gasteiger partial charge in [-0.15, -0.1) is 5.54 Å². The van der Waals surface area contributed by atoms with Gasteiger partial charge in [0.25, 0.3) is 0 Å². The van der Waals surface area contributed by atoms with E-state index >= 15 is 0 Å². The monoisotopic (exact) mass is 308 g/mol. The maximum absolute atomic E-state index is 3.61. The maximum Gasteiger partial charge on any atom is 0.147 e. The lowest BCUT2D eigenvalue weighted by atomic mass is 10.2. The van der Waals surface area contributed by atoms with E-state index in [-0.39, 0.29) is 0 Å². The smallest absolute Gasteiger partial charge is 0.116 e. The van der Waals surface area contributed by atoms with Gasteiger partial charge in [-0.2, -0.15) is 0 Å². The molecule has 1 aromatic rings. The van der Waals surface area contributed by atoms with Crippen LogP contribution in [0.4, 0.5) is 0 Å². The summed E-state index contributed by atoms with van der Waals surface area (Å²) >= 11 is 0. The summed E-state index contributed by atoms with van der Waals surface area (Å²) in [5, 5.41) is 0. The molecule has 0 spiro atoms. The highest BCUT2D eigenvalue weighted by Crippen LogP contribution is 2.40. The van der Waals surface area contributed by atoms with E-state index in [1.807, 2.05) is 30.4 Å². The van der Waals surface area contributed by atoms with Crippen LogP contribution in [-0.4, -0.2) is 8.07 Å². The number of benzene rings is 1. The van der Waals surface area contributed by atoms with Gasteiger partial charge >= 0.3 is 0 Å². The van der Waals surface area contributed by atoms with Crippen molar-refractivity contribution < 1.29 is 0 Å². The van der Waals surface area contributed by atoms with Gasteiger partial charge in [0.2, 0.25) is 0 Å². The molecule has 0 aromatic heterocycles. The summed E-state index contributed by atoms with van der Waals surface area (Å²) in [5.41, 5.74) is 6.74. The molecule has 0 atom stereocenters. The van der Waals surface area contributed by atoms with E-state index in [0.29, 0.717) is 16.6 Å². The third kappa shape index (κ3) is 4.65. The zero-order valence-corrected chi connectivity index (χ0v) is 15.8. The quantitative estimate of drug-likeness (QED) is 0.478. The van der Waals surface area contributed by atoms with Gasteiger partial charge in [0.15, 0.2) is 0 Å². The minimum Gasteiger partial charge on any atom is -0.116 e. The molecule has 1 heteroatoms. The lowest BCUT2D eigenvalue weighted by Gasteiger charge is -2.37. The van der Waals surface area contributed by atoms with Crippen LogP contribution in [0.2, 0.25) is 16.6 Å². The zero-order chi connectivity index (χ0) is 16.6. The summed E-state index contributed by atoms with van der Waals surface area (Å²) in [7, 11) is -1.64. The highest BCUT2D eigenvalue weighted by Gasteiger charge is 2.41. The third-order valence-corrected chi connectivity index (χ3v) is 10.7. The van der Waals surface area contributed by atoms with E-state index < -0.39 is 8.07 Å². The van der Waals surface area contributed by atoms with Crippen LogP contribution in [0.3, 0.4) is 0 Å². The zero-order valence-electron chi connectivity index (χ0n) is 14.8. The Kier molecular flexibility index (Phi) is 7.23. The molecule has 0 aliphatic carbocycles. The second kappa shape index (κ2) is 8.67. The predicted octanol–water partition coefficient (Wildman–Crippen LogP) is 5.92. The molecule has 1 aromatic carbocycles. The van der Waals surface area contributed by atoms with Crippen LogP contribution < -0.4 is 0 Å². The first-order chi connectivity index (χ1) is 10.4. The van der Waals surface area contributed by atoms with Crippen LogP contribution in [0.5, 0.6) is 0 Å². The molecule has 0 aliphatic heterocycles. The average molecular weight is 309 g/mol. The van der Waals surface area contributed by atoms with Gasteiger partial charge in [-0.1, -0.05) is 77.8 Å². The summed E-state index contributed by atoms with van der Waals surface area (Å²) in [6, 6.07) is 10.2. The molecule has 0 unspecified atom stereocenters. The van der Waals surface area contributed by atoms with Crippen LogP contribution >= 0.6 is 0 Å². The van der Waals surface area contributed by atoms with E-state index in [2.05, 4.69) is 77.0 Å². The molecule has 0 saturated carbocycles. The lowest BCUT2D eigenvalue weighted by molar-refractivity contribution is 0.838. The van der Waals surface area contributed by atoms with Gasteiger partial charge in [-0.3, -0.25) is 0 Å². The number of hydrogen-bond donors (Lipinski definition) is 0. The largest absolute Gasteiger partial charge is 0.147 e. The molecule has 0 bridgehead atoms. The Bertz CT molecular complexity index is 576. The van der Waals surface area contributed by atoms with Crippen molar-refractivity contribution in [2.75, 3.05) is 0 Å². The second-order valence-corrected chi connectivity index (χ2v) is 12.2. The highest BCUT2D eigenvalue weighted by atomic mass is 28.3. The van der Waals surface area contributed by atoms with Gasteiger partial charge in [0.05, 0.1) is 0 Å². The fourth-order valence-electron chi connectivity index (χ4n) is 3.35. The Morgan fingerprint density at radius 1 is 0.818 bits per heavy atom. The average Bonchev–Trinajstić information content (AvgIpc) is 2.46. The first kappa shape index (κ1) is 18.3. The van der Waals surface area contributed by atoms with Gasteiger partial charge in [0, 0.05) is 0 Å². The van der Waals surface area contributed by atoms with Crippen molar-refractivity contribution in [3.63, 3.8) is 0 Å². The highest BCUT2D eigenvalue weighted by molar-refractivity contribution is 6.90. The Morgan fingerprint density at radius 3 is 1.86 bits per heavy atom. The van der Waals surface area contributed by atoms with Crippen LogP contribution in [0.1, 0.15) is 47.1 Å². The summed E-state index contributed by atoms with van der Waals surface area (Å²) in [4.78, 5) is 0. The first-order valence-corrected chi connectivity index (χ1v) is 10.4. The van der Waals surface area contributed by atoms with Gasteiger partial charge in [-0.05, 0) is 46.2 Å². The summed E-state index contributed by atoms with van der Waals surface area (Å²) in [6.45, 7) is 13.9. The third-order valence-electron chi connectivity index (χ3n) is 4.44. The number of allylic oxidation sites excluding steroid dienone is 1. The van der Waals surface area contributed by atoms with E-state index in [4.69, 9.17) is 0 Å². The van der Waals surface area contributed by atoms with Crippen LogP contribution in [-0.2, 0) is 0 Å². The van der Waals surface area contributed by atoms with Crippen molar-refractivity contribution in [2.45, 2.75) is 58.2 Å². The first-order valence-electron chi connectivity index (χ1n) is 8.15. The molecule has 0 radical (unpaired) electrons. The number of rotatable bonds is 4. The molecule has 1 rings (SSSR count). The van der Waals surface area contributed by atoms with Crippen molar-refractivity contribution in [1.82, 2.24) is 0 Å². The van der Waals surface area contributed by atoms with Crippen molar-refractivity contribution >= 4 is 14.1 Å². The molecule has 0 aliphatic rings. The van der Waals surface area contributed by atoms with Crippen LogP contribution in [0.25, 0.3) is 6.08 Å². The standard InChI is InChI=1S/C21H28Si/c1-18(2)22(19(3)4,20(5)6)17-13-8-7-10-14-21-15-11-9-12-16-21/h9-12,14-16,18-20H,1-6H3/b14-10+.